The molecule has 1 fully saturated rings. The molecule has 1 atom stereocenters. The topological polar surface area (TPSA) is 17.8 Å². The molecule has 2 nitrogen and oxygen atoms in total. The van der Waals surface area contributed by atoms with E-state index in [0.717, 1.165) is 30.2 Å². The van der Waals surface area contributed by atoms with Crippen LogP contribution in [-0.2, 0) is 13.0 Å². The molecular formula is C15H19ClN2S. The summed E-state index contributed by atoms with van der Waals surface area (Å²) in [5.74, 6) is 5.17. The van der Waals surface area contributed by atoms with Gasteiger partial charge in [-0.15, -0.1) is 11.6 Å². The van der Waals surface area contributed by atoms with Crippen LogP contribution in [0.4, 0.5) is 0 Å². The molecule has 4 heteroatoms. The molecule has 0 aliphatic carbocycles. The number of benzene rings is 1. The van der Waals surface area contributed by atoms with Crippen molar-refractivity contribution >= 4 is 34.4 Å². The predicted molar refractivity (Wildman–Crippen MR) is 84.3 cm³/mol. The Morgan fingerprint density at radius 1 is 1.47 bits per heavy atom. The molecule has 0 spiro atoms. The fourth-order valence-corrected chi connectivity index (χ4v) is 4.19. The standard InChI is InChI=1S/C15H19ClN2S/c1-11-2-3-13-14(8-11)18(15(17-13)4-6-16)9-12-5-7-19-10-12/h2-3,8,12H,4-7,9-10H2,1H3. The lowest BCUT2D eigenvalue weighted by Gasteiger charge is -2.13. The molecule has 0 saturated carbocycles. The van der Waals surface area contributed by atoms with E-state index in [-0.39, 0.29) is 0 Å². The Morgan fingerprint density at radius 2 is 2.37 bits per heavy atom. The van der Waals surface area contributed by atoms with Crippen LogP contribution in [0, 0.1) is 12.8 Å². The number of hydrogen-bond donors (Lipinski definition) is 0. The second kappa shape index (κ2) is 5.76. The van der Waals surface area contributed by atoms with Gasteiger partial charge >= 0.3 is 0 Å². The van der Waals surface area contributed by atoms with E-state index in [1.807, 2.05) is 0 Å². The van der Waals surface area contributed by atoms with Crippen LogP contribution >= 0.6 is 23.4 Å². The molecule has 1 unspecified atom stereocenters. The monoisotopic (exact) mass is 294 g/mol. The number of aryl methyl sites for hydroxylation is 2. The van der Waals surface area contributed by atoms with Crippen molar-refractivity contribution in [3.05, 3.63) is 29.6 Å². The lowest BCUT2D eigenvalue weighted by molar-refractivity contribution is 0.490. The molecule has 19 heavy (non-hydrogen) atoms. The van der Waals surface area contributed by atoms with Gasteiger partial charge in [-0.05, 0) is 48.5 Å². The molecule has 0 radical (unpaired) electrons. The Kier molecular flexibility index (Phi) is 4.04. The average Bonchev–Trinajstić information content (AvgIpc) is 3.00. The molecule has 102 valence electrons. The molecule has 1 aliphatic rings. The number of thioether (sulfide) groups is 1. The van der Waals surface area contributed by atoms with Gasteiger partial charge in [0.2, 0.25) is 0 Å². The maximum atomic E-state index is 5.93. The summed E-state index contributed by atoms with van der Waals surface area (Å²) in [6.45, 7) is 3.24. The summed E-state index contributed by atoms with van der Waals surface area (Å²) in [6, 6.07) is 6.51. The highest BCUT2D eigenvalue weighted by Crippen LogP contribution is 2.27. The number of halogens is 1. The van der Waals surface area contributed by atoms with Crippen molar-refractivity contribution in [1.29, 1.82) is 0 Å². The second-order valence-corrected chi connectivity index (χ2v) is 6.83. The van der Waals surface area contributed by atoms with Gasteiger partial charge < -0.3 is 4.57 Å². The highest BCUT2D eigenvalue weighted by Gasteiger charge is 2.19. The first-order chi connectivity index (χ1) is 9.28. The Hall–Kier alpha value is -0.670. The maximum Gasteiger partial charge on any atom is 0.111 e. The summed E-state index contributed by atoms with van der Waals surface area (Å²) in [6.07, 6.45) is 2.19. The van der Waals surface area contributed by atoms with Gasteiger partial charge in [0.25, 0.3) is 0 Å². The summed E-state index contributed by atoms with van der Waals surface area (Å²) in [5.41, 5.74) is 3.68. The minimum Gasteiger partial charge on any atom is -0.328 e. The van der Waals surface area contributed by atoms with Crippen molar-refractivity contribution < 1.29 is 0 Å². The zero-order valence-corrected chi connectivity index (χ0v) is 12.8. The molecule has 2 heterocycles. The number of imidazole rings is 1. The third-order valence-corrected chi connectivity index (χ3v) is 5.19. The Bertz CT molecular complexity index is 573. The van der Waals surface area contributed by atoms with Crippen molar-refractivity contribution in [3.63, 3.8) is 0 Å². The van der Waals surface area contributed by atoms with Gasteiger partial charge in [-0.25, -0.2) is 4.98 Å². The van der Waals surface area contributed by atoms with E-state index in [2.05, 4.69) is 41.5 Å². The van der Waals surface area contributed by atoms with Gasteiger partial charge in [-0.1, -0.05) is 6.07 Å². The van der Waals surface area contributed by atoms with Crippen molar-refractivity contribution in [2.75, 3.05) is 17.4 Å². The minimum atomic E-state index is 0.641. The Morgan fingerprint density at radius 3 is 3.11 bits per heavy atom. The normalized spacial score (nSPS) is 19.4. The molecule has 3 rings (SSSR count). The van der Waals surface area contributed by atoms with Crippen molar-refractivity contribution in [1.82, 2.24) is 9.55 Å². The molecule has 1 aliphatic heterocycles. The molecule has 1 aromatic carbocycles. The van der Waals surface area contributed by atoms with Crippen molar-refractivity contribution in [2.45, 2.75) is 26.3 Å². The van der Waals surface area contributed by atoms with Gasteiger partial charge in [0, 0.05) is 18.8 Å². The smallest absolute Gasteiger partial charge is 0.111 e. The third-order valence-electron chi connectivity index (χ3n) is 3.77. The number of alkyl halides is 1. The second-order valence-electron chi connectivity index (χ2n) is 5.30. The van der Waals surface area contributed by atoms with Crippen LogP contribution in [0.3, 0.4) is 0 Å². The SMILES string of the molecule is Cc1ccc2nc(CCCl)n(CC3CCSC3)c2c1. The number of aromatic nitrogens is 2. The van der Waals surface area contributed by atoms with E-state index >= 15 is 0 Å². The fraction of sp³-hybridized carbons (Fsp3) is 0.533. The summed E-state index contributed by atoms with van der Waals surface area (Å²) in [7, 11) is 0. The van der Waals surface area contributed by atoms with Crippen LogP contribution in [-0.4, -0.2) is 26.9 Å². The van der Waals surface area contributed by atoms with Crippen LogP contribution in [0.1, 0.15) is 17.8 Å². The van der Waals surface area contributed by atoms with Gasteiger partial charge in [0.15, 0.2) is 0 Å². The lowest BCUT2D eigenvalue weighted by atomic mass is 10.1. The summed E-state index contributed by atoms with van der Waals surface area (Å²) >= 11 is 8.00. The van der Waals surface area contributed by atoms with E-state index in [1.165, 1.54) is 29.0 Å². The van der Waals surface area contributed by atoms with Crippen LogP contribution in [0.15, 0.2) is 18.2 Å². The zero-order valence-electron chi connectivity index (χ0n) is 11.2. The van der Waals surface area contributed by atoms with Crippen molar-refractivity contribution in [2.24, 2.45) is 5.92 Å². The molecule has 0 amide bonds. The van der Waals surface area contributed by atoms with E-state index in [1.54, 1.807) is 0 Å². The molecule has 1 aromatic heterocycles. The van der Waals surface area contributed by atoms with E-state index in [4.69, 9.17) is 16.6 Å². The van der Waals surface area contributed by atoms with E-state index in [0.29, 0.717) is 5.88 Å². The number of hydrogen-bond acceptors (Lipinski definition) is 2. The first-order valence-corrected chi connectivity index (χ1v) is 8.56. The Balaban J connectivity index is 2.01. The maximum absolute atomic E-state index is 5.93. The van der Waals surface area contributed by atoms with Crippen molar-refractivity contribution in [3.8, 4) is 0 Å². The minimum absolute atomic E-state index is 0.641. The average molecular weight is 295 g/mol. The largest absolute Gasteiger partial charge is 0.328 e. The van der Waals surface area contributed by atoms with Crippen LogP contribution < -0.4 is 0 Å². The predicted octanol–water partition coefficient (Wildman–Crippen LogP) is 3.88. The first-order valence-electron chi connectivity index (χ1n) is 6.87. The Labute approximate surface area is 123 Å². The van der Waals surface area contributed by atoms with E-state index in [9.17, 15) is 0 Å². The summed E-state index contributed by atoms with van der Waals surface area (Å²) < 4.78 is 2.40. The number of rotatable bonds is 4. The highest BCUT2D eigenvalue weighted by molar-refractivity contribution is 7.99. The van der Waals surface area contributed by atoms with Crippen LogP contribution in [0.2, 0.25) is 0 Å². The molecular weight excluding hydrogens is 276 g/mol. The number of fused-ring (bicyclic) bond motifs is 1. The number of nitrogens with zero attached hydrogens (tertiary/aromatic N) is 2. The summed E-state index contributed by atoms with van der Waals surface area (Å²) in [4.78, 5) is 4.76. The zero-order chi connectivity index (χ0) is 13.2. The third kappa shape index (κ3) is 2.77. The summed E-state index contributed by atoms with van der Waals surface area (Å²) in [5, 5.41) is 0. The highest BCUT2D eigenvalue weighted by atomic mass is 35.5. The van der Waals surface area contributed by atoms with Crippen LogP contribution in [0.25, 0.3) is 11.0 Å². The first kappa shape index (κ1) is 13.3. The molecule has 0 N–H and O–H groups in total. The quantitative estimate of drug-likeness (QED) is 0.797. The lowest BCUT2D eigenvalue weighted by Crippen LogP contribution is -2.13. The molecule has 2 aromatic rings. The fourth-order valence-electron chi connectivity index (χ4n) is 2.75. The molecule has 1 saturated heterocycles. The van der Waals surface area contributed by atoms with Crippen LogP contribution in [0.5, 0.6) is 0 Å². The van der Waals surface area contributed by atoms with Gasteiger partial charge in [-0.3, -0.25) is 0 Å². The van der Waals surface area contributed by atoms with Gasteiger partial charge in [0.1, 0.15) is 5.82 Å². The van der Waals surface area contributed by atoms with Gasteiger partial charge in [-0.2, -0.15) is 11.8 Å². The van der Waals surface area contributed by atoms with E-state index < -0.39 is 0 Å². The van der Waals surface area contributed by atoms with Gasteiger partial charge in [0.05, 0.1) is 11.0 Å². The molecule has 0 bridgehead atoms.